The summed E-state index contributed by atoms with van der Waals surface area (Å²) < 4.78 is 0. The Morgan fingerprint density at radius 3 is 2.18 bits per heavy atom. The third kappa shape index (κ3) is 4.65. The first-order chi connectivity index (χ1) is 4.87. The Labute approximate surface area is 70.4 Å². The van der Waals surface area contributed by atoms with E-state index < -0.39 is 0 Å². The molecule has 0 N–H and O–H groups in total. The molecule has 0 rings (SSSR count). The zero-order chi connectivity index (χ0) is 9.07. The van der Waals surface area contributed by atoms with Crippen LogP contribution in [-0.4, -0.2) is 18.5 Å². The zero-order valence-electron chi connectivity index (χ0n) is 8.15. The number of nitrogens with zero attached hydrogens (tertiary/aromatic N) is 1. The molecule has 1 nitrogen and oxygen atoms in total. The second kappa shape index (κ2) is 3.61. The number of rotatable bonds is 3. The van der Waals surface area contributed by atoms with Crippen molar-refractivity contribution in [3.8, 4) is 0 Å². The maximum absolute atomic E-state index is 3.87. The normalized spacial score (nSPS) is 10.9. The van der Waals surface area contributed by atoms with Crippen LogP contribution >= 0.6 is 0 Å². The zero-order valence-corrected chi connectivity index (χ0v) is 8.15. The fourth-order valence-corrected chi connectivity index (χ4v) is 0.969. The predicted octanol–water partition coefficient (Wildman–Crippen LogP) is 2.66. The van der Waals surface area contributed by atoms with Crippen molar-refractivity contribution in [1.82, 2.24) is 4.90 Å². The Morgan fingerprint density at radius 2 is 1.91 bits per heavy atom. The molecule has 1 heteroatoms. The SMILES string of the molecule is C=CC(=C)N(C)CC(C)(C)C. The van der Waals surface area contributed by atoms with E-state index in [1.807, 2.05) is 7.05 Å². The summed E-state index contributed by atoms with van der Waals surface area (Å²) in [6.45, 7) is 15.2. The van der Waals surface area contributed by atoms with Gasteiger partial charge in [-0.05, 0) is 11.5 Å². The second-order valence-electron chi connectivity index (χ2n) is 4.11. The molecule has 0 aromatic carbocycles. The van der Waals surface area contributed by atoms with Gasteiger partial charge in [-0.25, -0.2) is 0 Å². The van der Waals surface area contributed by atoms with Crippen molar-refractivity contribution in [2.45, 2.75) is 20.8 Å². The molecule has 0 amide bonds. The minimum Gasteiger partial charge on any atom is -0.375 e. The lowest BCUT2D eigenvalue weighted by molar-refractivity contribution is 0.275. The van der Waals surface area contributed by atoms with Crippen molar-refractivity contribution in [3.63, 3.8) is 0 Å². The Balaban J connectivity index is 3.97. The van der Waals surface area contributed by atoms with Gasteiger partial charge in [0.25, 0.3) is 0 Å². The monoisotopic (exact) mass is 153 g/mol. The highest BCUT2D eigenvalue weighted by molar-refractivity contribution is 5.09. The van der Waals surface area contributed by atoms with Crippen LogP contribution in [0, 0.1) is 5.41 Å². The van der Waals surface area contributed by atoms with E-state index in [4.69, 9.17) is 0 Å². The molecule has 0 bridgehead atoms. The van der Waals surface area contributed by atoms with Crippen LogP contribution < -0.4 is 0 Å². The first kappa shape index (κ1) is 10.3. The molecule has 0 radical (unpaired) electrons. The fraction of sp³-hybridized carbons (Fsp3) is 0.600. The lowest BCUT2D eigenvalue weighted by Crippen LogP contribution is -2.27. The molecular formula is C10H19N. The Kier molecular flexibility index (Phi) is 3.37. The van der Waals surface area contributed by atoms with Gasteiger partial charge in [0.2, 0.25) is 0 Å². The number of hydrogen-bond acceptors (Lipinski definition) is 1. The van der Waals surface area contributed by atoms with Gasteiger partial charge in [-0.3, -0.25) is 0 Å². The number of allylic oxidation sites excluding steroid dienone is 1. The van der Waals surface area contributed by atoms with Crippen LogP contribution in [0.5, 0.6) is 0 Å². The van der Waals surface area contributed by atoms with Crippen molar-refractivity contribution in [3.05, 3.63) is 24.9 Å². The van der Waals surface area contributed by atoms with E-state index in [1.165, 1.54) is 0 Å². The van der Waals surface area contributed by atoms with Crippen LogP contribution in [0.15, 0.2) is 24.9 Å². The molecule has 0 heterocycles. The van der Waals surface area contributed by atoms with Crippen LogP contribution in [0.2, 0.25) is 0 Å². The number of hydrogen-bond donors (Lipinski definition) is 0. The average molecular weight is 153 g/mol. The van der Waals surface area contributed by atoms with Crippen LogP contribution in [0.25, 0.3) is 0 Å². The summed E-state index contributed by atoms with van der Waals surface area (Å²) in [6.07, 6.45) is 1.78. The van der Waals surface area contributed by atoms with E-state index in [9.17, 15) is 0 Å². The molecule has 0 saturated carbocycles. The summed E-state index contributed by atoms with van der Waals surface area (Å²) in [6, 6.07) is 0. The first-order valence-electron chi connectivity index (χ1n) is 3.89. The maximum atomic E-state index is 3.87. The van der Waals surface area contributed by atoms with Gasteiger partial charge in [-0.1, -0.05) is 33.9 Å². The molecule has 11 heavy (non-hydrogen) atoms. The Hall–Kier alpha value is -0.720. The van der Waals surface area contributed by atoms with E-state index in [-0.39, 0.29) is 0 Å². The molecule has 0 fully saturated rings. The highest BCUT2D eigenvalue weighted by atomic mass is 15.1. The minimum atomic E-state index is 0.320. The van der Waals surface area contributed by atoms with Crippen molar-refractivity contribution < 1.29 is 0 Å². The second-order valence-corrected chi connectivity index (χ2v) is 4.11. The molecule has 0 aliphatic rings. The van der Waals surface area contributed by atoms with Crippen LogP contribution in [0.4, 0.5) is 0 Å². The van der Waals surface area contributed by atoms with Crippen LogP contribution in [0.3, 0.4) is 0 Å². The average Bonchev–Trinajstić information content (AvgIpc) is 1.82. The Morgan fingerprint density at radius 1 is 1.45 bits per heavy atom. The van der Waals surface area contributed by atoms with Gasteiger partial charge in [0.1, 0.15) is 0 Å². The van der Waals surface area contributed by atoms with Gasteiger partial charge in [0.15, 0.2) is 0 Å². The summed E-state index contributed by atoms with van der Waals surface area (Å²) in [7, 11) is 2.04. The van der Waals surface area contributed by atoms with Crippen molar-refractivity contribution in [2.75, 3.05) is 13.6 Å². The summed E-state index contributed by atoms with van der Waals surface area (Å²) in [5.74, 6) is 0. The van der Waals surface area contributed by atoms with Gasteiger partial charge in [-0.2, -0.15) is 0 Å². The topological polar surface area (TPSA) is 3.24 Å². The molecule has 0 atom stereocenters. The van der Waals surface area contributed by atoms with Crippen LogP contribution in [0.1, 0.15) is 20.8 Å². The maximum Gasteiger partial charge on any atom is 0.0284 e. The largest absolute Gasteiger partial charge is 0.375 e. The standard InChI is InChI=1S/C10H19N/c1-7-9(2)11(6)8-10(3,4)5/h7H,1-2,8H2,3-6H3. The lowest BCUT2D eigenvalue weighted by atomic mass is 9.96. The summed E-state index contributed by atoms with van der Waals surface area (Å²) in [5.41, 5.74) is 1.31. The van der Waals surface area contributed by atoms with Gasteiger partial charge >= 0.3 is 0 Å². The summed E-state index contributed by atoms with van der Waals surface area (Å²) >= 11 is 0. The van der Waals surface area contributed by atoms with Crippen LogP contribution in [-0.2, 0) is 0 Å². The van der Waals surface area contributed by atoms with Gasteiger partial charge in [0.05, 0.1) is 0 Å². The fourth-order valence-electron chi connectivity index (χ4n) is 0.969. The molecule has 0 aliphatic heterocycles. The quantitative estimate of drug-likeness (QED) is 0.563. The van der Waals surface area contributed by atoms with Gasteiger partial charge < -0.3 is 4.90 Å². The molecule has 0 unspecified atom stereocenters. The van der Waals surface area contributed by atoms with E-state index in [1.54, 1.807) is 6.08 Å². The van der Waals surface area contributed by atoms with Crippen molar-refractivity contribution >= 4 is 0 Å². The molecule has 0 aromatic heterocycles. The molecular weight excluding hydrogens is 134 g/mol. The third-order valence-corrected chi connectivity index (χ3v) is 1.44. The van der Waals surface area contributed by atoms with E-state index in [2.05, 4.69) is 38.8 Å². The molecule has 0 spiro atoms. The highest BCUT2D eigenvalue weighted by Gasteiger charge is 2.12. The molecule has 0 saturated heterocycles. The lowest BCUT2D eigenvalue weighted by Gasteiger charge is -2.28. The van der Waals surface area contributed by atoms with Gasteiger partial charge in [0, 0.05) is 19.3 Å². The van der Waals surface area contributed by atoms with Crippen molar-refractivity contribution in [2.24, 2.45) is 5.41 Å². The third-order valence-electron chi connectivity index (χ3n) is 1.44. The smallest absolute Gasteiger partial charge is 0.0284 e. The predicted molar refractivity (Wildman–Crippen MR) is 51.4 cm³/mol. The first-order valence-corrected chi connectivity index (χ1v) is 3.89. The molecule has 0 aliphatic carbocycles. The number of likely N-dealkylation sites (N-methyl/N-ethyl adjacent to an activating group) is 1. The molecule has 0 aromatic rings. The van der Waals surface area contributed by atoms with Crippen molar-refractivity contribution in [1.29, 1.82) is 0 Å². The summed E-state index contributed by atoms with van der Waals surface area (Å²) in [4.78, 5) is 2.12. The van der Waals surface area contributed by atoms with Gasteiger partial charge in [-0.15, -0.1) is 0 Å². The van der Waals surface area contributed by atoms with E-state index in [0.29, 0.717) is 5.41 Å². The minimum absolute atomic E-state index is 0.320. The Bertz CT molecular complexity index is 151. The molecule has 64 valence electrons. The van der Waals surface area contributed by atoms with E-state index >= 15 is 0 Å². The highest BCUT2D eigenvalue weighted by Crippen LogP contribution is 2.16. The summed E-state index contributed by atoms with van der Waals surface area (Å²) in [5, 5.41) is 0. The van der Waals surface area contributed by atoms with E-state index in [0.717, 1.165) is 12.2 Å².